The molecule has 0 heterocycles. The van der Waals surface area contributed by atoms with Crippen molar-refractivity contribution in [1.82, 2.24) is 5.32 Å². The molecule has 1 aromatic carbocycles. The molecule has 0 bridgehead atoms. The first-order valence-electron chi connectivity index (χ1n) is 4.15. The molecule has 3 heteroatoms. The minimum Gasteiger partial charge on any atom is -0.317 e. The summed E-state index contributed by atoms with van der Waals surface area (Å²) in [4.78, 5) is 0. The van der Waals surface area contributed by atoms with Crippen LogP contribution in [0.3, 0.4) is 0 Å². The number of hydrogen-bond donors (Lipinski definition) is 1. The van der Waals surface area contributed by atoms with Crippen molar-refractivity contribution in [2.75, 3.05) is 13.6 Å². The fourth-order valence-electron chi connectivity index (χ4n) is 1.16. The van der Waals surface area contributed by atoms with Crippen molar-refractivity contribution in [1.29, 1.82) is 0 Å². The van der Waals surface area contributed by atoms with Crippen LogP contribution in [0, 0.1) is 0 Å². The minimum atomic E-state index is -0.780. The third-order valence-corrected chi connectivity index (χ3v) is 1.73. The van der Waals surface area contributed by atoms with Crippen LogP contribution in [0.15, 0.2) is 30.3 Å². The second-order valence-corrected chi connectivity index (χ2v) is 2.84. The maximum atomic E-state index is 13.0. The minimum absolute atomic E-state index is 0. The molecule has 0 fully saturated rings. The van der Waals surface area contributed by atoms with Crippen molar-refractivity contribution < 1.29 is 4.39 Å². The zero-order chi connectivity index (χ0) is 8.81. The topological polar surface area (TPSA) is 12.0 Å². The molecule has 1 aromatic rings. The van der Waals surface area contributed by atoms with Gasteiger partial charge in [-0.2, -0.15) is 0 Å². The molecule has 0 aliphatic heterocycles. The van der Waals surface area contributed by atoms with Crippen LogP contribution >= 0.6 is 12.4 Å². The molecule has 1 atom stereocenters. The predicted octanol–water partition coefficient (Wildman–Crippen LogP) is 2.21. The van der Waals surface area contributed by atoms with Gasteiger partial charge in [-0.15, -0.1) is 12.4 Å². The molecule has 0 aliphatic rings. The van der Waals surface area contributed by atoms with Crippen LogP contribution in [0.1, 0.15) is 5.56 Å². The average Bonchev–Trinajstić information content (AvgIpc) is 2.06. The number of alkyl halides is 1. The Balaban J connectivity index is 0.00000144. The maximum Gasteiger partial charge on any atom is 0.116 e. The van der Waals surface area contributed by atoms with E-state index in [0.717, 1.165) is 5.56 Å². The number of nitrogens with one attached hydrogen (secondary N) is 1. The summed E-state index contributed by atoms with van der Waals surface area (Å²) < 4.78 is 13.0. The summed E-state index contributed by atoms with van der Waals surface area (Å²) >= 11 is 0. The molecular weight excluding hydrogens is 189 g/mol. The number of hydrogen-bond acceptors (Lipinski definition) is 1. The van der Waals surface area contributed by atoms with Gasteiger partial charge in [0.05, 0.1) is 0 Å². The van der Waals surface area contributed by atoms with Crippen molar-refractivity contribution in [3.8, 4) is 0 Å². The first-order chi connectivity index (χ1) is 5.83. The Morgan fingerprint density at radius 1 is 1.31 bits per heavy atom. The molecule has 0 spiro atoms. The summed E-state index contributed by atoms with van der Waals surface area (Å²) in [6, 6.07) is 9.70. The van der Waals surface area contributed by atoms with Crippen LogP contribution in [0.2, 0.25) is 0 Å². The maximum absolute atomic E-state index is 13.0. The fourth-order valence-corrected chi connectivity index (χ4v) is 1.16. The highest BCUT2D eigenvalue weighted by Gasteiger charge is 2.04. The molecule has 0 saturated heterocycles. The van der Waals surface area contributed by atoms with Gasteiger partial charge in [-0.25, -0.2) is 4.39 Å². The lowest BCUT2D eigenvalue weighted by Gasteiger charge is -2.06. The SMILES string of the molecule is CNCC(F)Cc1ccccc1.Cl. The summed E-state index contributed by atoms with van der Waals surface area (Å²) in [5, 5.41) is 2.81. The van der Waals surface area contributed by atoms with Crippen molar-refractivity contribution in [3.05, 3.63) is 35.9 Å². The van der Waals surface area contributed by atoms with Gasteiger partial charge in [-0.3, -0.25) is 0 Å². The van der Waals surface area contributed by atoms with Crippen LogP contribution in [-0.2, 0) is 6.42 Å². The van der Waals surface area contributed by atoms with Gasteiger partial charge < -0.3 is 5.32 Å². The van der Waals surface area contributed by atoms with Crippen LogP contribution in [0.25, 0.3) is 0 Å². The Hall–Kier alpha value is -0.600. The van der Waals surface area contributed by atoms with Gasteiger partial charge in [0.25, 0.3) is 0 Å². The summed E-state index contributed by atoms with van der Waals surface area (Å²) in [6.07, 6.45) is -0.279. The quantitative estimate of drug-likeness (QED) is 0.792. The monoisotopic (exact) mass is 203 g/mol. The lowest BCUT2D eigenvalue weighted by Crippen LogP contribution is -2.21. The van der Waals surface area contributed by atoms with Gasteiger partial charge in [-0.05, 0) is 12.6 Å². The van der Waals surface area contributed by atoms with Crippen molar-refractivity contribution >= 4 is 12.4 Å². The highest BCUT2D eigenvalue weighted by molar-refractivity contribution is 5.85. The Morgan fingerprint density at radius 3 is 2.46 bits per heavy atom. The summed E-state index contributed by atoms with van der Waals surface area (Å²) in [7, 11) is 1.76. The third kappa shape index (κ3) is 4.86. The molecule has 1 unspecified atom stereocenters. The van der Waals surface area contributed by atoms with E-state index >= 15 is 0 Å². The molecule has 74 valence electrons. The molecule has 0 aromatic heterocycles. The van der Waals surface area contributed by atoms with Crippen LogP contribution in [0.4, 0.5) is 4.39 Å². The molecule has 0 radical (unpaired) electrons. The Bertz CT molecular complexity index is 215. The molecular formula is C10H15ClFN. The van der Waals surface area contributed by atoms with E-state index in [2.05, 4.69) is 5.32 Å². The van der Waals surface area contributed by atoms with Gasteiger partial charge in [0.1, 0.15) is 6.17 Å². The summed E-state index contributed by atoms with van der Waals surface area (Å²) in [5.41, 5.74) is 1.06. The molecule has 0 amide bonds. The second kappa shape index (κ2) is 6.87. The number of rotatable bonds is 4. The van der Waals surface area contributed by atoms with E-state index in [9.17, 15) is 4.39 Å². The Labute approximate surface area is 84.8 Å². The first-order valence-corrected chi connectivity index (χ1v) is 4.15. The highest BCUT2D eigenvalue weighted by Crippen LogP contribution is 2.04. The molecule has 1 rings (SSSR count). The van der Waals surface area contributed by atoms with E-state index in [-0.39, 0.29) is 12.4 Å². The average molecular weight is 204 g/mol. The van der Waals surface area contributed by atoms with E-state index in [1.54, 1.807) is 7.05 Å². The second-order valence-electron chi connectivity index (χ2n) is 2.84. The van der Waals surface area contributed by atoms with Crippen LogP contribution < -0.4 is 5.32 Å². The third-order valence-electron chi connectivity index (χ3n) is 1.73. The van der Waals surface area contributed by atoms with E-state index in [0.29, 0.717) is 13.0 Å². The highest BCUT2D eigenvalue weighted by atomic mass is 35.5. The van der Waals surface area contributed by atoms with Crippen molar-refractivity contribution in [2.45, 2.75) is 12.6 Å². The largest absolute Gasteiger partial charge is 0.317 e. The van der Waals surface area contributed by atoms with E-state index in [1.165, 1.54) is 0 Å². The van der Waals surface area contributed by atoms with Gasteiger partial charge in [0.15, 0.2) is 0 Å². The van der Waals surface area contributed by atoms with Crippen molar-refractivity contribution in [2.24, 2.45) is 0 Å². The van der Waals surface area contributed by atoms with Crippen LogP contribution in [0.5, 0.6) is 0 Å². The zero-order valence-electron chi connectivity index (χ0n) is 7.66. The Kier molecular flexibility index (Phi) is 6.55. The molecule has 13 heavy (non-hydrogen) atoms. The van der Waals surface area contributed by atoms with Gasteiger partial charge in [-0.1, -0.05) is 30.3 Å². The predicted molar refractivity (Wildman–Crippen MR) is 56.2 cm³/mol. The lowest BCUT2D eigenvalue weighted by molar-refractivity contribution is 0.324. The number of halogens is 2. The van der Waals surface area contributed by atoms with Gasteiger partial charge in [0.2, 0.25) is 0 Å². The zero-order valence-corrected chi connectivity index (χ0v) is 8.48. The first kappa shape index (κ1) is 12.4. The summed E-state index contributed by atoms with van der Waals surface area (Å²) in [6.45, 7) is 0.425. The van der Waals surface area contributed by atoms with Crippen molar-refractivity contribution in [3.63, 3.8) is 0 Å². The van der Waals surface area contributed by atoms with Gasteiger partial charge >= 0.3 is 0 Å². The number of benzene rings is 1. The fraction of sp³-hybridized carbons (Fsp3) is 0.400. The van der Waals surface area contributed by atoms with E-state index in [1.807, 2.05) is 30.3 Å². The summed E-state index contributed by atoms with van der Waals surface area (Å²) in [5.74, 6) is 0. The van der Waals surface area contributed by atoms with E-state index < -0.39 is 6.17 Å². The normalized spacial score (nSPS) is 11.8. The molecule has 1 nitrogen and oxygen atoms in total. The smallest absolute Gasteiger partial charge is 0.116 e. The van der Waals surface area contributed by atoms with E-state index in [4.69, 9.17) is 0 Å². The standard InChI is InChI=1S/C10H14FN.ClH/c1-12-8-10(11)7-9-5-3-2-4-6-9;/h2-6,10,12H,7-8H2,1H3;1H. The molecule has 1 N–H and O–H groups in total. The Morgan fingerprint density at radius 2 is 1.92 bits per heavy atom. The lowest BCUT2D eigenvalue weighted by atomic mass is 10.1. The molecule has 0 aliphatic carbocycles. The van der Waals surface area contributed by atoms with Gasteiger partial charge in [0, 0.05) is 13.0 Å². The van der Waals surface area contributed by atoms with Crippen LogP contribution in [-0.4, -0.2) is 19.8 Å². The molecule has 0 saturated carbocycles.